The maximum atomic E-state index is 11.9. The van der Waals surface area contributed by atoms with Crippen molar-refractivity contribution in [2.24, 2.45) is 5.92 Å². The Morgan fingerprint density at radius 2 is 1.45 bits per heavy atom. The lowest BCUT2D eigenvalue weighted by Crippen LogP contribution is -2.30. The molecule has 0 saturated heterocycles. The Morgan fingerprint density at radius 1 is 0.950 bits per heavy atom. The predicted molar refractivity (Wildman–Crippen MR) is 80.8 cm³/mol. The summed E-state index contributed by atoms with van der Waals surface area (Å²) in [6, 6.07) is 6.81. The smallest absolute Gasteiger partial charge is 0.251 e. The standard InChI is InChI=1S/C16H24N2O2/c1-11(2)9-10-17-15(19)13-5-7-14(8-6-13)16(20)18-12(3)4/h5-8,11-12H,9-10H2,1-4H3,(H,17,19)(H,18,20). The Kier molecular flexibility index (Phi) is 6.22. The van der Waals surface area contributed by atoms with Crippen molar-refractivity contribution < 1.29 is 9.59 Å². The number of hydrogen-bond acceptors (Lipinski definition) is 2. The highest BCUT2D eigenvalue weighted by Gasteiger charge is 2.09. The van der Waals surface area contributed by atoms with E-state index in [1.54, 1.807) is 24.3 Å². The van der Waals surface area contributed by atoms with Crippen molar-refractivity contribution in [3.63, 3.8) is 0 Å². The van der Waals surface area contributed by atoms with Crippen LogP contribution < -0.4 is 10.6 Å². The van der Waals surface area contributed by atoms with Crippen LogP contribution in [0.5, 0.6) is 0 Å². The van der Waals surface area contributed by atoms with Gasteiger partial charge in [0.1, 0.15) is 0 Å². The van der Waals surface area contributed by atoms with Gasteiger partial charge in [-0.25, -0.2) is 0 Å². The average Bonchev–Trinajstić information content (AvgIpc) is 2.37. The Labute approximate surface area is 121 Å². The molecule has 1 aromatic carbocycles. The summed E-state index contributed by atoms with van der Waals surface area (Å²) in [6.45, 7) is 8.73. The molecule has 110 valence electrons. The second kappa shape index (κ2) is 7.68. The van der Waals surface area contributed by atoms with Crippen LogP contribution in [-0.4, -0.2) is 24.4 Å². The molecule has 20 heavy (non-hydrogen) atoms. The van der Waals surface area contributed by atoms with Crippen LogP contribution in [-0.2, 0) is 0 Å². The first-order valence-corrected chi connectivity index (χ1v) is 7.09. The van der Waals surface area contributed by atoms with E-state index in [2.05, 4.69) is 24.5 Å². The van der Waals surface area contributed by atoms with E-state index in [1.807, 2.05) is 13.8 Å². The Hall–Kier alpha value is -1.84. The van der Waals surface area contributed by atoms with Crippen molar-refractivity contribution in [1.29, 1.82) is 0 Å². The molecule has 0 bridgehead atoms. The van der Waals surface area contributed by atoms with Gasteiger partial charge in [-0.3, -0.25) is 9.59 Å². The summed E-state index contributed by atoms with van der Waals surface area (Å²) in [5.41, 5.74) is 1.15. The van der Waals surface area contributed by atoms with Crippen LogP contribution in [0, 0.1) is 5.92 Å². The van der Waals surface area contributed by atoms with Crippen LogP contribution in [0.3, 0.4) is 0 Å². The molecule has 0 unspecified atom stereocenters. The summed E-state index contributed by atoms with van der Waals surface area (Å²) in [4.78, 5) is 23.6. The lowest BCUT2D eigenvalue weighted by atomic mass is 10.1. The molecule has 2 amide bonds. The van der Waals surface area contributed by atoms with E-state index in [0.717, 1.165) is 6.42 Å². The molecule has 0 aliphatic rings. The SMILES string of the molecule is CC(C)CCNC(=O)c1ccc(C(=O)NC(C)C)cc1. The number of rotatable bonds is 6. The summed E-state index contributed by atoms with van der Waals surface area (Å²) in [6.07, 6.45) is 0.959. The minimum absolute atomic E-state index is 0.0959. The van der Waals surface area contributed by atoms with Gasteiger partial charge in [0, 0.05) is 23.7 Å². The Morgan fingerprint density at radius 3 is 1.90 bits per heavy atom. The monoisotopic (exact) mass is 276 g/mol. The molecule has 0 fully saturated rings. The fraction of sp³-hybridized carbons (Fsp3) is 0.500. The quantitative estimate of drug-likeness (QED) is 0.839. The van der Waals surface area contributed by atoms with Gasteiger partial charge in [-0.05, 0) is 50.5 Å². The number of carbonyl (C=O) groups is 2. The van der Waals surface area contributed by atoms with Gasteiger partial charge in [0.2, 0.25) is 0 Å². The van der Waals surface area contributed by atoms with Gasteiger partial charge in [0.05, 0.1) is 0 Å². The van der Waals surface area contributed by atoms with Crippen molar-refractivity contribution in [3.05, 3.63) is 35.4 Å². The van der Waals surface area contributed by atoms with Gasteiger partial charge in [0.25, 0.3) is 11.8 Å². The maximum Gasteiger partial charge on any atom is 0.251 e. The van der Waals surface area contributed by atoms with E-state index in [4.69, 9.17) is 0 Å². The Bertz CT molecular complexity index is 450. The van der Waals surface area contributed by atoms with Crippen LogP contribution in [0.4, 0.5) is 0 Å². The van der Waals surface area contributed by atoms with Crippen LogP contribution in [0.1, 0.15) is 54.8 Å². The average molecular weight is 276 g/mol. The topological polar surface area (TPSA) is 58.2 Å². The normalized spacial score (nSPS) is 10.7. The zero-order valence-corrected chi connectivity index (χ0v) is 12.7. The number of hydrogen-bond donors (Lipinski definition) is 2. The molecule has 1 rings (SSSR count). The number of benzene rings is 1. The lowest BCUT2D eigenvalue weighted by molar-refractivity contribution is 0.0934. The maximum absolute atomic E-state index is 11.9. The van der Waals surface area contributed by atoms with Gasteiger partial charge in [0.15, 0.2) is 0 Å². The molecule has 2 N–H and O–H groups in total. The van der Waals surface area contributed by atoms with E-state index in [9.17, 15) is 9.59 Å². The van der Waals surface area contributed by atoms with Crippen LogP contribution in [0.15, 0.2) is 24.3 Å². The highest BCUT2D eigenvalue weighted by molar-refractivity contribution is 5.97. The van der Waals surface area contributed by atoms with Crippen molar-refractivity contribution >= 4 is 11.8 Å². The van der Waals surface area contributed by atoms with Crippen LogP contribution in [0.25, 0.3) is 0 Å². The second-order valence-corrected chi connectivity index (χ2v) is 5.64. The highest BCUT2D eigenvalue weighted by Crippen LogP contribution is 2.05. The molecule has 0 spiro atoms. The lowest BCUT2D eigenvalue weighted by Gasteiger charge is -2.09. The molecule has 4 heteroatoms. The van der Waals surface area contributed by atoms with Crippen molar-refractivity contribution in [1.82, 2.24) is 10.6 Å². The molecular formula is C16H24N2O2. The van der Waals surface area contributed by atoms with Crippen LogP contribution in [0.2, 0.25) is 0 Å². The summed E-state index contributed by atoms with van der Waals surface area (Å²) in [5, 5.41) is 5.69. The van der Waals surface area contributed by atoms with E-state index in [0.29, 0.717) is 23.6 Å². The molecule has 0 atom stereocenters. The molecule has 0 aliphatic carbocycles. The first kappa shape index (κ1) is 16.2. The van der Waals surface area contributed by atoms with Gasteiger partial charge < -0.3 is 10.6 Å². The van der Waals surface area contributed by atoms with Crippen molar-refractivity contribution in [2.75, 3.05) is 6.54 Å². The summed E-state index contributed by atoms with van der Waals surface area (Å²) in [5.74, 6) is 0.352. The predicted octanol–water partition coefficient (Wildman–Crippen LogP) is 2.60. The fourth-order valence-corrected chi connectivity index (χ4v) is 1.69. The molecule has 1 aromatic rings. The third-order valence-electron chi connectivity index (χ3n) is 2.84. The van der Waals surface area contributed by atoms with Gasteiger partial charge in [-0.15, -0.1) is 0 Å². The first-order chi connectivity index (χ1) is 9.40. The molecule has 0 radical (unpaired) electrons. The number of carbonyl (C=O) groups excluding carboxylic acids is 2. The summed E-state index contributed by atoms with van der Waals surface area (Å²) in [7, 11) is 0. The minimum atomic E-state index is -0.119. The number of amides is 2. The first-order valence-electron chi connectivity index (χ1n) is 7.09. The highest BCUT2D eigenvalue weighted by atomic mass is 16.2. The van der Waals surface area contributed by atoms with Gasteiger partial charge >= 0.3 is 0 Å². The third kappa shape index (κ3) is 5.43. The van der Waals surface area contributed by atoms with Gasteiger partial charge in [-0.2, -0.15) is 0 Å². The minimum Gasteiger partial charge on any atom is -0.352 e. The van der Waals surface area contributed by atoms with Gasteiger partial charge in [-0.1, -0.05) is 13.8 Å². The van der Waals surface area contributed by atoms with E-state index < -0.39 is 0 Å². The largest absolute Gasteiger partial charge is 0.352 e. The Balaban J connectivity index is 2.57. The van der Waals surface area contributed by atoms with E-state index >= 15 is 0 Å². The molecule has 0 heterocycles. The molecular weight excluding hydrogens is 252 g/mol. The third-order valence-corrected chi connectivity index (χ3v) is 2.84. The summed E-state index contributed by atoms with van der Waals surface area (Å²) >= 11 is 0. The fourth-order valence-electron chi connectivity index (χ4n) is 1.69. The molecule has 4 nitrogen and oxygen atoms in total. The van der Waals surface area contributed by atoms with E-state index in [1.165, 1.54) is 0 Å². The molecule has 0 aromatic heterocycles. The zero-order chi connectivity index (χ0) is 15.1. The van der Waals surface area contributed by atoms with E-state index in [-0.39, 0.29) is 17.9 Å². The van der Waals surface area contributed by atoms with Crippen molar-refractivity contribution in [3.8, 4) is 0 Å². The second-order valence-electron chi connectivity index (χ2n) is 5.64. The number of nitrogens with one attached hydrogen (secondary N) is 2. The van der Waals surface area contributed by atoms with Crippen molar-refractivity contribution in [2.45, 2.75) is 40.2 Å². The van der Waals surface area contributed by atoms with Crippen LogP contribution >= 0.6 is 0 Å². The molecule has 0 aliphatic heterocycles. The summed E-state index contributed by atoms with van der Waals surface area (Å²) < 4.78 is 0. The zero-order valence-electron chi connectivity index (χ0n) is 12.7. The molecule has 0 saturated carbocycles.